The Kier molecular flexibility index (Phi) is 4.61. The number of rotatable bonds is 4. The molecule has 0 aliphatic heterocycles. The van der Waals surface area contributed by atoms with E-state index in [1.807, 2.05) is 38.1 Å². The Bertz CT molecular complexity index is 538. The standard InChI is InChI=1S/C17H20O3/c1-4-20-17(18)15-10-5-12(2)11-16(15)13-6-8-14(19-3)9-7-13/h5-9,11,15H,4,10H2,1-3H3. The highest BCUT2D eigenvalue weighted by Gasteiger charge is 2.26. The summed E-state index contributed by atoms with van der Waals surface area (Å²) in [7, 11) is 1.64. The number of ether oxygens (including phenoxy) is 2. The average molecular weight is 272 g/mol. The number of carbonyl (C=O) groups excluding carboxylic acids is 1. The molecular weight excluding hydrogens is 252 g/mol. The Labute approximate surface area is 119 Å². The van der Waals surface area contributed by atoms with E-state index in [0.717, 1.165) is 16.9 Å². The van der Waals surface area contributed by atoms with Crippen molar-refractivity contribution < 1.29 is 14.3 Å². The maximum Gasteiger partial charge on any atom is 0.313 e. The first-order chi connectivity index (χ1) is 9.65. The molecule has 20 heavy (non-hydrogen) atoms. The molecule has 1 unspecified atom stereocenters. The summed E-state index contributed by atoms with van der Waals surface area (Å²) in [6.07, 6.45) is 4.84. The van der Waals surface area contributed by atoms with Gasteiger partial charge in [0.05, 0.1) is 19.6 Å². The molecule has 0 radical (unpaired) electrons. The number of hydrogen-bond donors (Lipinski definition) is 0. The minimum Gasteiger partial charge on any atom is -0.497 e. The third-order valence-electron chi connectivity index (χ3n) is 3.43. The van der Waals surface area contributed by atoms with Crippen molar-refractivity contribution in [3.63, 3.8) is 0 Å². The molecule has 1 atom stereocenters. The predicted octanol–water partition coefficient (Wildman–Crippen LogP) is 3.61. The van der Waals surface area contributed by atoms with Crippen LogP contribution in [-0.4, -0.2) is 19.7 Å². The highest BCUT2D eigenvalue weighted by Crippen LogP contribution is 2.33. The smallest absolute Gasteiger partial charge is 0.313 e. The third kappa shape index (κ3) is 3.10. The second-order valence-corrected chi connectivity index (χ2v) is 4.82. The van der Waals surface area contributed by atoms with Crippen molar-refractivity contribution >= 4 is 11.5 Å². The number of benzene rings is 1. The molecule has 1 aromatic carbocycles. The summed E-state index contributed by atoms with van der Waals surface area (Å²) in [6, 6.07) is 7.78. The van der Waals surface area contributed by atoms with Crippen LogP contribution in [0.3, 0.4) is 0 Å². The van der Waals surface area contributed by atoms with Gasteiger partial charge in [-0.05, 0) is 43.5 Å². The molecule has 1 aromatic rings. The fourth-order valence-corrected chi connectivity index (χ4v) is 2.37. The van der Waals surface area contributed by atoms with Crippen molar-refractivity contribution in [1.82, 2.24) is 0 Å². The summed E-state index contributed by atoms with van der Waals surface area (Å²) in [5.74, 6) is 0.440. The van der Waals surface area contributed by atoms with E-state index in [4.69, 9.17) is 9.47 Å². The Morgan fingerprint density at radius 2 is 2.00 bits per heavy atom. The zero-order chi connectivity index (χ0) is 14.5. The highest BCUT2D eigenvalue weighted by atomic mass is 16.5. The topological polar surface area (TPSA) is 35.5 Å². The Balaban J connectivity index is 2.32. The van der Waals surface area contributed by atoms with Gasteiger partial charge in [-0.1, -0.05) is 29.9 Å². The van der Waals surface area contributed by atoms with E-state index in [2.05, 4.69) is 12.2 Å². The molecule has 2 rings (SSSR count). The molecule has 0 fully saturated rings. The summed E-state index contributed by atoms with van der Waals surface area (Å²) in [5.41, 5.74) is 3.23. The van der Waals surface area contributed by atoms with Crippen molar-refractivity contribution in [3.05, 3.63) is 47.6 Å². The second-order valence-electron chi connectivity index (χ2n) is 4.82. The average Bonchev–Trinajstić information content (AvgIpc) is 2.47. The number of hydrogen-bond acceptors (Lipinski definition) is 3. The molecule has 0 aromatic heterocycles. The first-order valence-corrected chi connectivity index (χ1v) is 6.85. The zero-order valence-corrected chi connectivity index (χ0v) is 12.2. The molecule has 3 heteroatoms. The molecule has 106 valence electrons. The van der Waals surface area contributed by atoms with Gasteiger partial charge >= 0.3 is 5.97 Å². The van der Waals surface area contributed by atoms with Crippen LogP contribution in [0.15, 0.2) is 42.0 Å². The Morgan fingerprint density at radius 1 is 1.30 bits per heavy atom. The van der Waals surface area contributed by atoms with Crippen LogP contribution in [0.4, 0.5) is 0 Å². The summed E-state index contributed by atoms with van der Waals surface area (Å²) in [6.45, 7) is 4.29. The van der Waals surface area contributed by atoms with Crippen LogP contribution in [0.1, 0.15) is 25.8 Å². The van der Waals surface area contributed by atoms with E-state index in [1.54, 1.807) is 7.11 Å². The lowest BCUT2D eigenvalue weighted by molar-refractivity contribution is -0.145. The van der Waals surface area contributed by atoms with Crippen molar-refractivity contribution in [1.29, 1.82) is 0 Å². The number of methoxy groups -OCH3 is 1. The molecule has 0 saturated carbocycles. The molecule has 0 bridgehead atoms. The molecule has 0 N–H and O–H groups in total. The van der Waals surface area contributed by atoms with E-state index in [9.17, 15) is 4.79 Å². The largest absolute Gasteiger partial charge is 0.497 e. The quantitative estimate of drug-likeness (QED) is 0.785. The Hall–Kier alpha value is -2.03. The lowest BCUT2D eigenvalue weighted by Crippen LogP contribution is -2.20. The zero-order valence-electron chi connectivity index (χ0n) is 12.2. The normalized spacial score (nSPS) is 18.1. The molecule has 3 nitrogen and oxygen atoms in total. The minimum atomic E-state index is -0.216. The first-order valence-electron chi connectivity index (χ1n) is 6.85. The van der Waals surface area contributed by atoms with Crippen LogP contribution in [0, 0.1) is 5.92 Å². The van der Waals surface area contributed by atoms with E-state index in [1.165, 1.54) is 5.57 Å². The molecule has 1 aliphatic carbocycles. The van der Waals surface area contributed by atoms with Gasteiger partial charge in [0.25, 0.3) is 0 Å². The fourth-order valence-electron chi connectivity index (χ4n) is 2.37. The van der Waals surface area contributed by atoms with Gasteiger partial charge in [0.15, 0.2) is 0 Å². The molecular formula is C17H20O3. The number of esters is 1. The van der Waals surface area contributed by atoms with Crippen LogP contribution in [0.2, 0.25) is 0 Å². The summed E-state index contributed by atoms with van der Waals surface area (Å²) in [5, 5.41) is 0. The second kappa shape index (κ2) is 6.42. The van der Waals surface area contributed by atoms with Crippen molar-refractivity contribution in [3.8, 4) is 5.75 Å². The molecule has 0 amide bonds. The van der Waals surface area contributed by atoms with Crippen LogP contribution in [-0.2, 0) is 9.53 Å². The monoisotopic (exact) mass is 272 g/mol. The fraction of sp³-hybridized carbons (Fsp3) is 0.353. The summed E-state index contributed by atoms with van der Waals surface area (Å²) >= 11 is 0. The lowest BCUT2D eigenvalue weighted by atomic mass is 9.84. The summed E-state index contributed by atoms with van der Waals surface area (Å²) < 4.78 is 10.3. The van der Waals surface area contributed by atoms with Crippen molar-refractivity contribution in [2.45, 2.75) is 20.3 Å². The highest BCUT2D eigenvalue weighted by molar-refractivity contribution is 5.90. The van der Waals surface area contributed by atoms with Gasteiger partial charge in [-0.3, -0.25) is 4.79 Å². The maximum atomic E-state index is 12.1. The Morgan fingerprint density at radius 3 is 2.60 bits per heavy atom. The summed E-state index contributed by atoms with van der Waals surface area (Å²) in [4.78, 5) is 12.1. The van der Waals surface area contributed by atoms with Crippen LogP contribution >= 0.6 is 0 Å². The lowest BCUT2D eigenvalue weighted by Gasteiger charge is -2.22. The number of carbonyl (C=O) groups is 1. The van der Waals surface area contributed by atoms with Crippen LogP contribution < -0.4 is 4.74 Å². The van der Waals surface area contributed by atoms with E-state index in [-0.39, 0.29) is 11.9 Å². The van der Waals surface area contributed by atoms with E-state index < -0.39 is 0 Å². The van der Waals surface area contributed by atoms with Gasteiger partial charge < -0.3 is 9.47 Å². The van der Waals surface area contributed by atoms with Crippen molar-refractivity contribution in [2.24, 2.45) is 5.92 Å². The van der Waals surface area contributed by atoms with E-state index in [0.29, 0.717) is 13.0 Å². The van der Waals surface area contributed by atoms with Gasteiger partial charge in [0.1, 0.15) is 5.75 Å². The molecule has 0 heterocycles. The van der Waals surface area contributed by atoms with Gasteiger partial charge in [0.2, 0.25) is 0 Å². The molecule has 0 saturated heterocycles. The van der Waals surface area contributed by atoms with Gasteiger partial charge in [-0.2, -0.15) is 0 Å². The number of allylic oxidation sites excluding steroid dienone is 3. The third-order valence-corrected chi connectivity index (χ3v) is 3.43. The molecule has 0 spiro atoms. The predicted molar refractivity (Wildman–Crippen MR) is 79.5 cm³/mol. The van der Waals surface area contributed by atoms with Gasteiger partial charge in [-0.15, -0.1) is 0 Å². The maximum absolute atomic E-state index is 12.1. The minimum absolute atomic E-state index is 0.154. The van der Waals surface area contributed by atoms with Gasteiger partial charge in [0, 0.05) is 0 Å². The van der Waals surface area contributed by atoms with Crippen LogP contribution in [0.25, 0.3) is 5.57 Å². The van der Waals surface area contributed by atoms with Crippen molar-refractivity contribution in [2.75, 3.05) is 13.7 Å². The first kappa shape index (κ1) is 14.4. The van der Waals surface area contributed by atoms with Crippen LogP contribution in [0.5, 0.6) is 5.75 Å². The SMILES string of the molecule is CCOC(=O)C1CC=C(C)C=C1c1ccc(OC)cc1. The molecule has 1 aliphatic rings. The van der Waals surface area contributed by atoms with E-state index >= 15 is 0 Å². The van der Waals surface area contributed by atoms with Gasteiger partial charge in [-0.25, -0.2) is 0 Å².